The fourth-order valence-corrected chi connectivity index (χ4v) is 4.28. The highest BCUT2D eigenvalue weighted by Gasteiger charge is 2.46. The van der Waals surface area contributed by atoms with E-state index in [1.165, 1.54) is 48.5 Å². The van der Waals surface area contributed by atoms with Gasteiger partial charge in [-0.1, -0.05) is 0 Å². The minimum atomic E-state index is -1.90. The molecule has 1 aliphatic heterocycles. The van der Waals surface area contributed by atoms with Gasteiger partial charge in [-0.3, -0.25) is 4.79 Å². The van der Waals surface area contributed by atoms with Gasteiger partial charge >= 0.3 is 5.97 Å². The molecule has 13 heteroatoms. The number of hydrogen-bond donors (Lipinski definition) is 7. The van der Waals surface area contributed by atoms with Crippen molar-refractivity contribution in [2.75, 3.05) is 6.61 Å². The molecule has 214 valence electrons. The topological polar surface area (TPSA) is 217 Å². The molecule has 7 N–H and O–H groups in total. The average molecular weight is 568 g/mol. The van der Waals surface area contributed by atoms with Crippen LogP contribution in [-0.2, 0) is 9.47 Å². The highest BCUT2D eigenvalue weighted by Crippen LogP contribution is 2.37. The maximum Gasteiger partial charge on any atom is 0.338 e. The van der Waals surface area contributed by atoms with Gasteiger partial charge in [0.15, 0.2) is 5.76 Å². The van der Waals surface area contributed by atoms with Crippen LogP contribution in [0.2, 0.25) is 0 Å². The van der Waals surface area contributed by atoms with Gasteiger partial charge in [-0.25, -0.2) is 4.79 Å². The number of benzene rings is 3. The quantitative estimate of drug-likeness (QED) is 0.164. The van der Waals surface area contributed by atoms with Gasteiger partial charge in [0.25, 0.3) is 0 Å². The summed E-state index contributed by atoms with van der Waals surface area (Å²) < 4.78 is 22.2. The Labute approximate surface area is 230 Å². The van der Waals surface area contributed by atoms with E-state index in [2.05, 4.69) is 0 Å². The third kappa shape index (κ3) is 5.47. The molecule has 0 unspecified atom stereocenters. The molecular weight excluding hydrogens is 544 g/mol. The summed E-state index contributed by atoms with van der Waals surface area (Å²) in [6.07, 6.45) is -8.71. The fraction of sp³-hybridized carbons (Fsp3) is 0.214. The van der Waals surface area contributed by atoms with Crippen LogP contribution in [0.1, 0.15) is 10.4 Å². The summed E-state index contributed by atoms with van der Waals surface area (Å²) >= 11 is 0. The molecule has 1 aliphatic rings. The molecule has 5 rings (SSSR count). The first-order valence-electron chi connectivity index (χ1n) is 12.2. The minimum Gasteiger partial charge on any atom is -0.508 e. The van der Waals surface area contributed by atoms with E-state index in [-0.39, 0.29) is 39.4 Å². The summed E-state index contributed by atoms with van der Waals surface area (Å²) in [6, 6.07) is 12.5. The second-order valence-electron chi connectivity index (χ2n) is 9.25. The number of fused-ring (bicyclic) bond motifs is 1. The minimum absolute atomic E-state index is 0.0698. The van der Waals surface area contributed by atoms with Crippen LogP contribution >= 0.6 is 0 Å². The summed E-state index contributed by atoms with van der Waals surface area (Å²) in [5.41, 5.74) is -0.842. The van der Waals surface area contributed by atoms with Gasteiger partial charge in [0.05, 0.1) is 5.56 Å². The molecule has 4 aromatic rings. The number of hydrogen-bond acceptors (Lipinski definition) is 13. The Kier molecular flexibility index (Phi) is 7.43. The predicted molar refractivity (Wildman–Crippen MR) is 139 cm³/mol. The van der Waals surface area contributed by atoms with Crippen LogP contribution in [0.25, 0.3) is 22.3 Å². The van der Waals surface area contributed by atoms with E-state index in [9.17, 15) is 45.3 Å². The van der Waals surface area contributed by atoms with Crippen LogP contribution < -0.4 is 10.2 Å². The molecule has 2 heterocycles. The monoisotopic (exact) mass is 568 g/mol. The highest BCUT2D eigenvalue weighted by molar-refractivity contribution is 5.89. The van der Waals surface area contributed by atoms with Crippen molar-refractivity contribution in [3.63, 3.8) is 0 Å². The zero-order chi connectivity index (χ0) is 29.4. The lowest BCUT2D eigenvalue weighted by atomic mass is 9.99. The maximum atomic E-state index is 13.5. The molecule has 0 amide bonds. The van der Waals surface area contributed by atoms with Crippen LogP contribution in [0.5, 0.6) is 28.7 Å². The largest absolute Gasteiger partial charge is 0.508 e. The van der Waals surface area contributed by atoms with Gasteiger partial charge in [-0.15, -0.1) is 0 Å². The van der Waals surface area contributed by atoms with Crippen molar-refractivity contribution >= 4 is 16.9 Å². The van der Waals surface area contributed by atoms with Gasteiger partial charge in [0.1, 0.15) is 65.0 Å². The normalized spacial score (nSPS) is 22.4. The van der Waals surface area contributed by atoms with Gasteiger partial charge < -0.3 is 54.4 Å². The summed E-state index contributed by atoms with van der Waals surface area (Å²) in [5.74, 6) is -2.83. The number of rotatable bonds is 6. The molecule has 13 nitrogen and oxygen atoms in total. The zero-order valence-corrected chi connectivity index (χ0v) is 20.9. The zero-order valence-electron chi connectivity index (χ0n) is 20.9. The van der Waals surface area contributed by atoms with Crippen LogP contribution in [0.3, 0.4) is 0 Å². The Balaban J connectivity index is 1.48. The fourth-order valence-electron chi connectivity index (χ4n) is 4.28. The molecule has 0 bridgehead atoms. The molecule has 0 radical (unpaired) electrons. The second-order valence-corrected chi connectivity index (χ2v) is 9.25. The van der Waals surface area contributed by atoms with Crippen molar-refractivity contribution in [2.45, 2.75) is 30.7 Å². The van der Waals surface area contributed by atoms with Gasteiger partial charge in [-0.05, 0) is 48.5 Å². The molecule has 1 fully saturated rings. The van der Waals surface area contributed by atoms with Crippen LogP contribution in [0, 0.1) is 0 Å². The molecule has 0 aliphatic carbocycles. The molecule has 41 heavy (non-hydrogen) atoms. The first-order chi connectivity index (χ1) is 19.5. The van der Waals surface area contributed by atoms with E-state index in [1.54, 1.807) is 0 Å². The average Bonchev–Trinajstić information content (AvgIpc) is 2.94. The van der Waals surface area contributed by atoms with Crippen LogP contribution in [0.15, 0.2) is 69.9 Å². The summed E-state index contributed by atoms with van der Waals surface area (Å²) in [5, 5.41) is 70.5. The van der Waals surface area contributed by atoms with Gasteiger partial charge in [0.2, 0.25) is 17.5 Å². The molecule has 1 aromatic heterocycles. The van der Waals surface area contributed by atoms with Gasteiger partial charge in [-0.2, -0.15) is 0 Å². The second kappa shape index (κ2) is 11.0. The summed E-state index contributed by atoms with van der Waals surface area (Å²) in [7, 11) is 0. The van der Waals surface area contributed by atoms with Crippen LogP contribution in [0.4, 0.5) is 0 Å². The van der Waals surface area contributed by atoms with E-state index >= 15 is 0 Å². The van der Waals surface area contributed by atoms with Crippen molar-refractivity contribution in [2.24, 2.45) is 0 Å². The lowest BCUT2D eigenvalue weighted by Gasteiger charge is -2.39. The number of ether oxygens (including phenoxy) is 3. The van der Waals surface area contributed by atoms with E-state index in [4.69, 9.17) is 18.6 Å². The van der Waals surface area contributed by atoms with E-state index < -0.39 is 66.0 Å². The molecular formula is C28H24O13. The maximum absolute atomic E-state index is 13.5. The number of carbonyl (C=O) groups excluding carboxylic acids is 1. The number of aliphatic hydroxyl groups is 3. The Morgan fingerprint density at radius 2 is 1.44 bits per heavy atom. The third-order valence-electron chi connectivity index (χ3n) is 6.43. The number of phenols is 4. The Morgan fingerprint density at radius 3 is 2.10 bits per heavy atom. The van der Waals surface area contributed by atoms with E-state index in [0.717, 1.165) is 12.1 Å². The number of aromatic hydroxyl groups is 4. The van der Waals surface area contributed by atoms with Crippen molar-refractivity contribution in [1.29, 1.82) is 0 Å². The molecule has 5 atom stereocenters. The Morgan fingerprint density at radius 1 is 0.805 bits per heavy atom. The number of carbonyl (C=O) groups is 1. The first kappa shape index (κ1) is 27.7. The first-order valence-corrected chi connectivity index (χ1v) is 12.2. The molecule has 0 spiro atoms. The molecule has 1 saturated heterocycles. The van der Waals surface area contributed by atoms with Crippen molar-refractivity contribution in [3.8, 4) is 40.1 Å². The SMILES string of the molecule is O=C(OC[C@H]1O[C@H](Oc2c(-c3ccc(O)cc3)oc3cc(O)cc(O)c3c2=O)[C@@H](O)[C@H](O)[C@@H]1O)c1ccc(O)cc1. The Bertz CT molecular complexity index is 1630. The van der Waals surface area contributed by atoms with Crippen molar-refractivity contribution < 1.29 is 59.2 Å². The predicted octanol–water partition coefficient (Wildman–Crippen LogP) is 1.33. The van der Waals surface area contributed by atoms with Crippen molar-refractivity contribution in [1.82, 2.24) is 0 Å². The summed E-state index contributed by atoms with van der Waals surface area (Å²) in [4.78, 5) is 25.9. The van der Waals surface area contributed by atoms with Crippen molar-refractivity contribution in [3.05, 3.63) is 76.5 Å². The summed E-state index contributed by atoms with van der Waals surface area (Å²) in [6.45, 7) is -0.596. The lowest BCUT2D eigenvalue weighted by molar-refractivity contribution is -0.277. The standard InChI is InChI=1S/C28H24O13/c29-14-5-1-12(2-6-14)25-26(22(34)20-17(32)9-16(31)10-18(20)39-25)41-28-24(36)23(35)21(33)19(40-28)11-38-27(37)13-3-7-15(30)8-4-13/h1-10,19,21,23-24,28-33,35-36H,11H2/t19-,21-,23-,24+,28-/m1/s1. The van der Waals surface area contributed by atoms with Gasteiger partial charge in [0, 0.05) is 17.7 Å². The van der Waals surface area contributed by atoms with Crippen LogP contribution in [-0.4, -0.2) is 79.0 Å². The number of aliphatic hydroxyl groups excluding tert-OH is 3. The number of esters is 1. The Hall–Kier alpha value is -4.82. The number of phenolic OH excluding ortho intramolecular Hbond substituents is 4. The van der Waals surface area contributed by atoms with E-state index in [0.29, 0.717) is 0 Å². The highest BCUT2D eigenvalue weighted by atomic mass is 16.7. The van der Waals surface area contributed by atoms with E-state index in [1.807, 2.05) is 0 Å². The molecule has 0 saturated carbocycles. The smallest absolute Gasteiger partial charge is 0.338 e. The third-order valence-corrected chi connectivity index (χ3v) is 6.43. The lowest BCUT2D eigenvalue weighted by Crippen LogP contribution is -2.60. The molecule has 3 aromatic carbocycles.